The van der Waals surface area contributed by atoms with Gasteiger partial charge in [0.05, 0.1) is 12.7 Å². The van der Waals surface area contributed by atoms with Crippen molar-refractivity contribution in [1.82, 2.24) is 0 Å². The summed E-state index contributed by atoms with van der Waals surface area (Å²) in [5.41, 5.74) is 0. The molecule has 10 heteroatoms. The lowest BCUT2D eigenvalue weighted by Crippen LogP contribution is -2.64. The van der Waals surface area contributed by atoms with E-state index in [0.29, 0.717) is 0 Å². The van der Waals surface area contributed by atoms with Gasteiger partial charge in [-0.25, -0.2) is 0 Å². The molecule has 2 aliphatic heterocycles. The van der Waals surface area contributed by atoms with E-state index in [1.807, 2.05) is 0 Å². The van der Waals surface area contributed by atoms with Crippen LogP contribution in [0.25, 0.3) is 0 Å². The lowest BCUT2D eigenvalue weighted by atomic mass is 9.97. The van der Waals surface area contributed by atoms with Crippen molar-refractivity contribution in [2.45, 2.75) is 68.3 Å². The minimum atomic E-state index is -1.59. The van der Waals surface area contributed by atoms with Crippen LogP contribution in [-0.2, 0) is 18.9 Å². The zero-order valence-corrected chi connectivity index (χ0v) is 12.8. The minimum absolute atomic E-state index is 0.542. The van der Waals surface area contributed by atoms with E-state index in [0.717, 1.165) is 0 Å². The Morgan fingerprint density at radius 1 is 0.826 bits per heavy atom. The highest BCUT2D eigenvalue weighted by Gasteiger charge is 2.50. The molecule has 0 bridgehead atoms. The van der Waals surface area contributed by atoms with Gasteiger partial charge in [-0.15, -0.1) is 0 Å². The summed E-state index contributed by atoms with van der Waals surface area (Å²) >= 11 is 0. The Hall–Kier alpha value is -0.400. The second kappa shape index (κ2) is 7.66. The van der Waals surface area contributed by atoms with E-state index in [9.17, 15) is 30.6 Å². The molecule has 2 rings (SSSR count). The lowest BCUT2D eigenvalue weighted by Gasteiger charge is -2.45. The molecule has 0 spiro atoms. The Balaban J connectivity index is 2.12. The fourth-order valence-corrected chi connectivity index (χ4v) is 2.69. The van der Waals surface area contributed by atoms with Crippen molar-refractivity contribution >= 4 is 0 Å². The van der Waals surface area contributed by atoms with Gasteiger partial charge in [0.25, 0.3) is 0 Å². The number of hydrogen-bond donors (Lipinski definition) is 6. The first kappa shape index (κ1) is 18.9. The van der Waals surface area contributed by atoms with Crippen molar-refractivity contribution in [2.24, 2.45) is 0 Å². The van der Waals surface area contributed by atoms with Crippen molar-refractivity contribution in [3.8, 4) is 0 Å². The topological polar surface area (TPSA) is 158 Å². The Morgan fingerprint density at radius 2 is 1.48 bits per heavy atom. The molecule has 6 N–H and O–H groups in total. The molecule has 10 nitrogen and oxygen atoms in total. The summed E-state index contributed by atoms with van der Waals surface area (Å²) in [5.74, 6) is 0. The molecular formula is C13H24O10. The molecule has 0 radical (unpaired) electrons. The number of methoxy groups -OCH3 is 1. The number of aliphatic hydroxyl groups excluding tert-OH is 6. The molecule has 0 saturated carbocycles. The van der Waals surface area contributed by atoms with Crippen molar-refractivity contribution in [3.63, 3.8) is 0 Å². The van der Waals surface area contributed by atoms with Gasteiger partial charge < -0.3 is 49.6 Å². The number of ether oxygens (including phenoxy) is 4. The van der Waals surface area contributed by atoms with Crippen molar-refractivity contribution < 1.29 is 49.6 Å². The number of hydrogen-bond acceptors (Lipinski definition) is 10. The summed E-state index contributed by atoms with van der Waals surface area (Å²) in [6, 6.07) is 0. The quantitative estimate of drug-likeness (QED) is 0.300. The average molecular weight is 340 g/mol. The lowest BCUT2D eigenvalue weighted by molar-refractivity contribution is -0.355. The van der Waals surface area contributed by atoms with E-state index >= 15 is 0 Å². The van der Waals surface area contributed by atoms with Crippen LogP contribution in [0.1, 0.15) is 6.92 Å². The maximum absolute atomic E-state index is 10.1. The summed E-state index contributed by atoms with van der Waals surface area (Å²) in [6.45, 7) is 0.931. The average Bonchev–Trinajstić information content (AvgIpc) is 2.54. The summed E-state index contributed by atoms with van der Waals surface area (Å²) in [5, 5.41) is 58.9. The Bertz CT molecular complexity index is 366. The van der Waals surface area contributed by atoms with Crippen LogP contribution in [0.3, 0.4) is 0 Å². The fourth-order valence-electron chi connectivity index (χ4n) is 2.69. The Morgan fingerprint density at radius 3 is 2.04 bits per heavy atom. The highest BCUT2D eigenvalue weighted by atomic mass is 16.7. The van der Waals surface area contributed by atoms with Gasteiger partial charge in [0, 0.05) is 7.11 Å². The predicted octanol–water partition coefficient (Wildman–Crippen LogP) is -3.72. The number of aliphatic hydroxyl groups is 6. The van der Waals surface area contributed by atoms with Crippen LogP contribution in [0, 0.1) is 0 Å². The second-order valence-corrected chi connectivity index (χ2v) is 5.72. The molecule has 4 unspecified atom stereocenters. The molecule has 2 aliphatic rings. The SMILES string of the molecule is CO[C@@H]1OC(CO)[C@@H](O)C(O[C@@H]2OC(C)[C@H](O)C(O)[C@@H]2O)[C@@H]1O. The van der Waals surface area contributed by atoms with Gasteiger partial charge in [-0.1, -0.05) is 0 Å². The third-order valence-corrected chi connectivity index (χ3v) is 4.15. The first-order valence-electron chi connectivity index (χ1n) is 7.32. The summed E-state index contributed by atoms with van der Waals surface area (Å²) in [4.78, 5) is 0. The zero-order valence-electron chi connectivity index (χ0n) is 12.8. The fraction of sp³-hybridized carbons (Fsp3) is 1.00. The van der Waals surface area contributed by atoms with Crippen molar-refractivity contribution in [2.75, 3.05) is 13.7 Å². The van der Waals surface area contributed by atoms with Gasteiger partial charge in [-0.3, -0.25) is 0 Å². The molecule has 2 heterocycles. The summed E-state index contributed by atoms with van der Waals surface area (Å²) in [6.07, 6.45) is -13.0. The van der Waals surface area contributed by atoms with Crippen LogP contribution in [0.4, 0.5) is 0 Å². The Kier molecular flexibility index (Phi) is 6.30. The highest BCUT2D eigenvalue weighted by molar-refractivity contribution is 4.93. The molecular weight excluding hydrogens is 316 g/mol. The number of rotatable bonds is 4. The smallest absolute Gasteiger partial charge is 0.187 e. The second-order valence-electron chi connectivity index (χ2n) is 5.72. The van der Waals surface area contributed by atoms with Crippen molar-refractivity contribution in [1.29, 1.82) is 0 Å². The van der Waals surface area contributed by atoms with Gasteiger partial charge in [0.2, 0.25) is 0 Å². The van der Waals surface area contributed by atoms with Crippen LogP contribution in [-0.4, -0.2) is 106 Å². The third kappa shape index (κ3) is 3.66. The van der Waals surface area contributed by atoms with Crippen LogP contribution in [0.2, 0.25) is 0 Å². The summed E-state index contributed by atoms with van der Waals surface area (Å²) < 4.78 is 20.8. The first-order chi connectivity index (χ1) is 10.8. The first-order valence-corrected chi connectivity index (χ1v) is 7.32. The van der Waals surface area contributed by atoms with Gasteiger partial charge in [-0.05, 0) is 6.92 Å². The van der Waals surface area contributed by atoms with E-state index in [1.165, 1.54) is 14.0 Å². The third-order valence-electron chi connectivity index (χ3n) is 4.15. The van der Waals surface area contributed by atoms with Gasteiger partial charge in [-0.2, -0.15) is 0 Å². The van der Waals surface area contributed by atoms with E-state index in [2.05, 4.69) is 0 Å². The molecule has 23 heavy (non-hydrogen) atoms. The maximum atomic E-state index is 10.1. The van der Waals surface area contributed by atoms with E-state index in [1.54, 1.807) is 0 Å². The molecule has 10 atom stereocenters. The summed E-state index contributed by atoms with van der Waals surface area (Å²) in [7, 11) is 1.27. The van der Waals surface area contributed by atoms with Crippen LogP contribution < -0.4 is 0 Å². The molecule has 0 aromatic heterocycles. The minimum Gasteiger partial charge on any atom is -0.394 e. The molecule has 136 valence electrons. The van der Waals surface area contributed by atoms with Crippen molar-refractivity contribution in [3.05, 3.63) is 0 Å². The molecule has 2 fully saturated rings. The van der Waals surface area contributed by atoms with Crippen LogP contribution in [0.5, 0.6) is 0 Å². The van der Waals surface area contributed by atoms with E-state index in [4.69, 9.17) is 18.9 Å². The highest BCUT2D eigenvalue weighted by Crippen LogP contribution is 2.29. The van der Waals surface area contributed by atoms with Gasteiger partial charge in [0.15, 0.2) is 12.6 Å². The van der Waals surface area contributed by atoms with Crippen LogP contribution in [0.15, 0.2) is 0 Å². The predicted molar refractivity (Wildman–Crippen MR) is 72.0 cm³/mol. The van der Waals surface area contributed by atoms with E-state index < -0.39 is 68.0 Å². The maximum Gasteiger partial charge on any atom is 0.187 e. The zero-order chi connectivity index (χ0) is 17.3. The normalized spacial score (nSPS) is 51.7. The largest absolute Gasteiger partial charge is 0.394 e. The molecule has 0 amide bonds. The Labute approximate surface area is 132 Å². The molecule has 0 aromatic carbocycles. The van der Waals surface area contributed by atoms with E-state index in [-0.39, 0.29) is 0 Å². The standard InChI is InChI=1S/C13H24O10/c1-4-6(15)8(17)9(18)13(21-4)23-11-7(16)5(3-14)22-12(20-2)10(11)19/h4-19H,3H2,1-2H3/t4?,5?,6-,7+,8?,9-,10-,11?,12+,13-/m0/s1. The monoisotopic (exact) mass is 340 g/mol. The van der Waals surface area contributed by atoms with Gasteiger partial charge >= 0.3 is 0 Å². The van der Waals surface area contributed by atoms with Gasteiger partial charge in [0.1, 0.15) is 42.7 Å². The molecule has 0 aliphatic carbocycles. The molecule has 2 saturated heterocycles. The molecule has 0 aromatic rings. The van der Waals surface area contributed by atoms with Crippen LogP contribution >= 0.6 is 0 Å².